The van der Waals surface area contributed by atoms with Gasteiger partial charge in [0.2, 0.25) is 0 Å². The smallest absolute Gasteiger partial charge is 0.127 e. The molecule has 3 atom stereocenters. The quantitative estimate of drug-likeness (QED) is 0.853. The van der Waals surface area contributed by atoms with E-state index in [1.54, 1.807) is 0 Å². The fourth-order valence-corrected chi connectivity index (χ4v) is 4.27. The zero-order valence-corrected chi connectivity index (χ0v) is 13.3. The van der Waals surface area contributed by atoms with Gasteiger partial charge in [0.1, 0.15) is 11.4 Å². The lowest BCUT2D eigenvalue weighted by Gasteiger charge is -2.38. The van der Waals surface area contributed by atoms with Crippen molar-refractivity contribution in [2.24, 2.45) is 0 Å². The zero-order valence-electron chi connectivity index (χ0n) is 11.7. The Morgan fingerprint density at radius 2 is 2.15 bits per heavy atom. The maximum atomic E-state index is 10.5. The van der Waals surface area contributed by atoms with Gasteiger partial charge in [0, 0.05) is 41.5 Å². The third-order valence-electron chi connectivity index (χ3n) is 4.95. The highest BCUT2D eigenvalue weighted by Gasteiger charge is 2.51. The molecular weight excluding hydrogens is 318 g/mol. The lowest BCUT2D eigenvalue weighted by atomic mass is 9.87. The molecule has 0 aromatic heterocycles. The van der Waals surface area contributed by atoms with Crippen LogP contribution in [0.2, 0.25) is 0 Å². The molecule has 4 rings (SSSR count). The average molecular weight is 338 g/mol. The number of hydrogen-bond acceptors (Lipinski definition) is 3. The minimum Gasteiger partial charge on any atom is -0.485 e. The fraction of sp³-hybridized carbons (Fsp3) is 0.625. The predicted molar refractivity (Wildman–Crippen MR) is 80.9 cm³/mol. The van der Waals surface area contributed by atoms with E-state index in [4.69, 9.17) is 4.74 Å². The second-order valence-corrected chi connectivity index (χ2v) is 7.56. The summed E-state index contributed by atoms with van der Waals surface area (Å²) in [5.41, 5.74) is 0.728. The van der Waals surface area contributed by atoms with Gasteiger partial charge in [-0.1, -0.05) is 22.0 Å². The lowest BCUT2D eigenvalue weighted by Crippen LogP contribution is -2.44. The zero-order chi connectivity index (χ0) is 13.9. The SMILES string of the molecule is CC1CC2(CC(O)c3ccc(Br)cc3O2)CN1C1CC1. The minimum atomic E-state index is -0.404. The molecular formula is C16H20BrNO2. The predicted octanol–water partition coefficient (Wildman–Crippen LogP) is 3.26. The first-order valence-corrected chi connectivity index (χ1v) is 8.28. The van der Waals surface area contributed by atoms with Crippen molar-refractivity contribution in [1.82, 2.24) is 4.90 Å². The second kappa shape index (κ2) is 4.46. The van der Waals surface area contributed by atoms with Crippen molar-refractivity contribution >= 4 is 15.9 Å². The van der Waals surface area contributed by atoms with Crippen LogP contribution in [0.4, 0.5) is 0 Å². The molecule has 3 aliphatic rings. The number of fused-ring (bicyclic) bond motifs is 1. The molecule has 3 unspecified atom stereocenters. The topological polar surface area (TPSA) is 32.7 Å². The van der Waals surface area contributed by atoms with Crippen molar-refractivity contribution in [3.8, 4) is 5.75 Å². The van der Waals surface area contributed by atoms with Crippen molar-refractivity contribution in [3.05, 3.63) is 28.2 Å². The van der Waals surface area contributed by atoms with E-state index in [1.165, 1.54) is 12.8 Å². The minimum absolute atomic E-state index is 0.199. The summed E-state index contributed by atoms with van der Waals surface area (Å²) in [6, 6.07) is 7.24. The lowest BCUT2D eigenvalue weighted by molar-refractivity contribution is -0.00779. The molecule has 2 heterocycles. The molecule has 0 bridgehead atoms. The fourth-order valence-electron chi connectivity index (χ4n) is 3.93. The van der Waals surface area contributed by atoms with Crippen LogP contribution < -0.4 is 4.74 Å². The van der Waals surface area contributed by atoms with Gasteiger partial charge in [0.05, 0.1) is 6.10 Å². The molecule has 20 heavy (non-hydrogen) atoms. The largest absolute Gasteiger partial charge is 0.485 e. The van der Waals surface area contributed by atoms with Crippen molar-refractivity contribution in [1.29, 1.82) is 0 Å². The Labute approximate surface area is 128 Å². The van der Waals surface area contributed by atoms with E-state index < -0.39 is 6.10 Å². The monoisotopic (exact) mass is 337 g/mol. The third-order valence-corrected chi connectivity index (χ3v) is 5.44. The standard InChI is InChI=1S/C16H20BrNO2/c1-10-7-16(9-18(10)12-3-4-12)8-14(19)13-5-2-11(17)6-15(13)20-16/h2,5-6,10,12,14,19H,3-4,7-9H2,1H3. The highest BCUT2D eigenvalue weighted by molar-refractivity contribution is 9.10. The first kappa shape index (κ1) is 13.1. The second-order valence-electron chi connectivity index (χ2n) is 6.64. The van der Waals surface area contributed by atoms with Crippen LogP contribution in [0.15, 0.2) is 22.7 Å². The van der Waals surface area contributed by atoms with Crippen molar-refractivity contribution < 1.29 is 9.84 Å². The molecule has 1 aromatic rings. The van der Waals surface area contributed by atoms with Crippen LogP contribution >= 0.6 is 15.9 Å². The Morgan fingerprint density at radius 1 is 1.35 bits per heavy atom. The van der Waals surface area contributed by atoms with Gasteiger partial charge in [-0.05, 0) is 31.9 Å². The first-order chi connectivity index (χ1) is 9.56. The highest BCUT2D eigenvalue weighted by atomic mass is 79.9. The summed E-state index contributed by atoms with van der Waals surface area (Å²) in [5, 5.41) is 10.5. The number of aliphatic hydroxyl groups is 1. The molecule has 0 amide bonds. The summed E-state index contributed by atoms with van der Waals surface area (Å²) in [5.74, 6) is 0.850. The van der Waals surface area contributed by atoms with E-state index in [0.29, 0.717) is 6.04 Å². The van der Waals surface area contributed by atoms with Gasteiger partial charge < -0.3 is 9.84 Å². The van der Waals surface area contributed by atoms with Gasteiger partial charge in [-0.15, -0.1) is 0 Å². The summed E-state index contributed by atoms with van der Waals surface area (Å²) in [6.45, 7) is 3.25. The number of hydrogen-bond donors (Lipinski definition) is 1. The number of benzene rings is 1. The molecule has 1 aliphatic carbocycles. The molecule has 1 saturated heterocycles. The molecule has 2 aliphatic heterocycles. The number of likely N-dealkylation sites (tertiary alicyclic amines) is 1. The summed E-state index contributed by atoms with van der Waals surface area (Å²) >= 11 is 3.49. The molecule has 1 aromatic carbocycles. The van der Waals surface area contributed by atoms with Gasteiger partial charge in [-0.25, -0.2) is 0 Å². The van der Waals surface area contributed by atoms with E-state index >= 15 is 0 Å². The molecule has 4 heteroatoms. The molecule has 1 saturated carbocycles. The number of aliphatic hydroxyl groups excluding tert-OH is 1. The summed E-state index contributed by atoms with van der Waals surface area (Å²) in [6.07, 6.45) is 3.98. The van der Waals surface area contributed by atoms with Gasteiger partial charge in [0.15, 0.2) is 0 Å². The highest BCUT2D eigenvalue weighted by Crippen LogP contribution is 2.48. The Kier molecular flexibility index (Phi) is 2.92. The molecule has 1 N–H and O–H groups in total. The Hall–Kier alpha value is -0.580. The summed E-state index contributed by atoms with van der Waals surface area (Å²) < 4.78 is 7.38. The van der Waals surface area contributed by atoms with E-state index in [1.807, 2.05) is 18.2 Å². The summed E-state index contributed by atoms with van der Waals surface area (Å²) in [7, 11) is 0. The molecule has 2 fully saturated rings. The maximum Gasteiger partial charge on any atom is 0.127 e. The van der Waals surface area contributed by atoms with E-state index in [2.05, 4.69) is 27.8 Å². The van der Waals surface area contributed by atoms with Crippen LogP contribution in [-0.4, -0.2) is 34.2 Å². The molecule has 108 valence electrons. The van der Waals surface area contributed by atoms with Crippen molar-refractivity contribution in [2.75, 3.05) is 6.54 Å². The number of nitrogens with zero attached hydrogens (tertiary/aromatic N) is 1. The Morgan fingerprint density at radius 3 is 2.90 bits per heavy atom. The van der Waals surface area contributed by atoms with Crippen LogP contribution in [0, 0.1) is 0 Å². The number of rotatable bonds is 1. The summed E-state index contributed by atoms with van der Waals surface area (Å²) in [4.78, 5) is 2.58. The number of halogens is 1. The molecule has 1 spiro atoms. The van der Waals surface area contributed by atoms with Crippen LogP contribution in [0.1, 0.15) is 44.3 Å². The van der Waals surface area contributed by atoms with Crippen molar-refractivity contribution in [2.45, 2.75) is 56.4 Å². The first-order valence-electron chi connectivity index (χ1n) is 7.49. The maximum absolute atomic E-state index is 10.5. The van der Waals surface area contributed by atoms with Gasteiger partial charge in [-0.3, -0.25) is 4.90 Å². The van der Waals surface area contributed by atoms with Crippen molar-refractivity contribution in [3.63, 3.8) is 0 Å². The van der Waals surface area contributed by atoms with Crippen LogP contribution in [0.25, 0.3) is 0 Å². The number of ether oxygens (including phenoxy) is 1. The third kappa shape index (κ3) is 2.09. The Balaban J connectivity index is 1.65. The van der Waals surface area contributed by atoms with Gasteiger partial charge in [-0.2, -0.15) is 0 Å². The van der Waals surface area contributed by atoms with E-state index in [-0.39, 0.29) is 5.60 Å². The van der Waals surface area contributed by atoms with Crippen LogP contribution in [0.3, 0.4) is 0 Å². The van der Waals surface area contributed by atoms with Gasteiger partial charge in [0.25, 0.3) is 0 Å². The van der Waals surface area contributed by atoms with Gasteiger partial charge >= 0.3 is 0 Å². The molecule has 3 nitrogen and oxygen atoms in total. The normalized spacial score (nSPS) is 37.0. The van der Waals surface area contributed by atoms with Crippen LogP contribution in [-0.2, 0) is 0 Å². The average Bonchev–Trinajstić information content (AvgIpc) is 3.15. The molecule has 0 radical (unpaired) electrons. The van der Waals surface area contributed by atoms with E-state index in [9.17, 15) is 5.11 Å². The van der Waals surface area contributed by atoms with E-state index in [0.717, 1.165) is 41.2 Å². The Bertz CT molecular complexity index is 545. The van der Waals surface area contributed by atoms with Crippen LogP contribution in [0.5, 0.6) is 5.75 Å².